The predicted molar refractivity (Wildman–Crippen MR) is 118 cm³/mol. The summed E-state index contributed by atoms with van der Waals surface area (Å²) in [5, 5.41) is 3.68. The van der Waals surface area contributed by atoms with Crippen molar-refractivity contribution in [2.75, 3.05) is 5.32 Å². The molecule has 0 bridgehead atoms. The monoisotopic (exact) mass is 420 g/mol. The highest BCUT2D eigenvalue weighted by molar-refractivity contribution is 7.98. The van der Waals surface area contributed by atoms with Crippen molar-refractivity contribution in [3.63, 3.8) is 0 Å². The van der Waals surface area contributed by atoms with Gasteiger partial charge in [-0.15, -0.1) is 0 Å². The van der Waals surface area contributed by atoms with Gasteiger partial charge in [0.25, 0.3) is 0 Å². The molecular weight excluding hydrogens is 399 g/mol. The van der Waals surface area contributed by atoms with Gasteiger partial charge in [0.15, 0.2) is 5.16 Å². The molecule has 0 atom stereocenters. The van der Waals surface area contributed by atoms with E-state index < -0.39 is 0 Å². The summed E-state index contributed by atoms with van der Waals surface area (Å²) in [6.07, 6.45) is 3.40. The number of nitrogens with one attached hydrogen (secondary N) is 1. The van der Waals surface area contributed by atoms with E-state index in [-0.39, 0.29) is 18.3 Å². The molecule has 1 amide bonds. The van der Waals surface area contributed by atoms with Gasteiger partial charge in [-0.2, -0.15) is 0 Å². The van der Waals surface area contributed by atoms with Crippen molar-refractivity contribution >= 4 is 34.4 Å². The number of benzene rings is 2. The molecule has 1 N–H and O–H groups in total. The largest absolute Gasteiger partial charge is 0.325 e. The average Bonchev–Trinajstić information content (AvgIpc) is 3.08. The second kappa shape index (κ2) is 8.67. The fourth-order valence-corrected chi connectivity index (χ4v) is 4.07. The average molecular weight is 421 g/mol. The molecule has 0 spiro atoms. The molecule has 5 nitrogen and oxygen atoms in total. The number of thioether (sulfide) groups is 1. The minimum absolute atomic E-state index is 0.126. The Hall–Kier alpha value is -3.19. The smallest absolute Gasteiger partial charge is 0.244 e. The zero-order valence-electron chi connectivity index (χ0n) is 16.7. The molecule has 30 heavy (non-hydrogen) atoms. The van der Waals surface area contributed by atoms with Crippen LogP contribution in [0.2, 0.25) is 0 Å². The molecule has 0 saturated heterocycles. The lowest BCUT2D eigenvalue weighted by Crippen LogP contribution is -2.19. The third kappa shape index (κ3) is 4.52. The highest BCUT2D eigenvalue weighted by Gasteiger charge is 2.15. The molecule has 0 aliphatic rings. The van der Waals surface area contributed by atoms with Crippen molar-refractivity contribution in [1.82, 2.24) is 14.5 Å². The second-order valence-electron chi connectivity index (χ2n) is 7.11. The van der Waals surface area contributed by atoms with Crippen LogP contribution in [0.3, 0.4) is 0 Å². The van der Waals surface area contributed by atoms with Crippen molar-refractivity contribution in [2.45, 2.75) is 31.3 Å². The Morgan fingerprint density at radius 3 is 2.67 bits per heavy atom. The molecular formula is C23H21FN4OS. The van der Waals surface area contributed by atoms with Gasteiger partial charge >= 0.3 is 0 Å². The van der Waals surface area contributed by atoms with E-state index in [1.807, 2.05) is 42.7 Å². The minimum Gasteiger partial charge on any atom is -0.325 e. The SMILES string of the molecule is Cc1ccc(NC(=O)Cn2c(SCc3ccc(F)cc3)nc3ccncc32)cc1C. The fraction of sp³-hybridized carbons (Fsp3) is 0.174. The standard InChI is InChI=1S/C23H21FN4OS/c1-15-3-8-19(11-16(15)2)26-22(29)13-28-21-12-25-10-9-20(21)27-23(28)30-14-17-4-6-18(24)7-5-17/h3-12H,13-14H2,1-2H3,(H,26,29). The van der Waals surface area contributed by atoms with Crippen LogP contribution in [0.25, 0.3) is 11.0 Å². The number of aromatic nitrogens is 3. The number of imidazole rings is 1. The number of nitrogens with zero attached hydrogens (tertiary/aromatic N) is 3. The van der Waals surface area contributed by atoms with E-state index in [1.54, 1.807) is 24.5 Å². The molecule has 2 aromatic carbocycles. The number of anilines is 1. The third-order valence-corrected chi connectivity index (χ3v) is 5.94. The first-order valence-electron chi connectivity index (χ1n) is 9.54. The summed E-state index contributed by atoms with van der Waals surface area (Å²) in [7, 11) is 0. The molecule has 4 aromatic rings. The second-order valence-corrected chi connectivity index (χ2v) is 8.05. The molecule has 0 aliphatic carbocycles. The lowest BCUT2D eigenvalue weighted by molar-refractivity contribution is -0.116. The van der Waals surface area contributed by atoms with Crippen LogP contribution in [0.15, 0.2) is 66.1 Å². The number of rotatable bonds is 6. The number of pyridine rings is 1. The van der Waals surface area contributed by atoms with Crippen LogP contribution < -0.4 is 5.32 Å². The Bertz CT molecular complexity index is 1200. The topological polar surface area (TPSA) is 59.8 Å². The van der Waals surface area contributed by atoms with Crippen molar-refractivity contribution in [2.24, 2.45) is 0 Å². The van der Waals surface area contributed by atoms with Crippen molar-refractivity contribution in [3.05, 3.63) is 83.4 Å². The first-order valence-corrected chi connectivity index (χ1v) is 10.5. The Kier molecular flexibility index (Phi) is 5.81. The van der Waals surface area contributed by atoms with Crippen LogP contribution in [0.5, 0.6) is 0 Å². The summed E-state index contributed by atoms with van der Waals surface area (Å²) in [5.41, 5.74) is 5.64. The van der Waals surface area contributed by atoms with Gasteiger partial charge in [-0.25, -0.2) is 9.37 Å². The summed E-state index contributed by atoms with van der Waals surface area (Å²) < 4.78 is 15.0. The lowest BCUT2D eigenvalue weighted by atomic mass is 10.1. The normalized spacial score (nSPS) is 11.0. The van der Waals surface area contributed by atoms with E-state index in [0.29, 0.717) is 5.75 Å². The van der Waals surface area contributed by atoms with Crippen LogP contribution in [0, 0.1) is 19.7 Å². The van der Waals surface area contributed by atoms with E-state index in [9.17, 15) is 9.18 Å². The predicted octanol–water partition coefficient (Wildman–Crippen LogP) is 5.12. The van der Waals surface area contributed by atoms with Gasteiger partial charge < -0.3 is 9.88 Å². The van der Waals surface area contributed by atoms with Crippen LogP contribution in [0.4, 0.5) is 10.1 Å². The lowest BCUT2D eigenvalue weighted by Gasteiger charge is -2.11. The van der Waals surface area contributed by atoms with Crippen molar-refractivity contribution in [3.8, 4) is 0 Å². The molecule has 0 saturated carbocycles. The molecule has 0 aliphatic heterocycles. The molecule has 0 radical (unpaired) electrons. The van der Waals surface area contributed by atoms with Gasteiger partial charge in [-0.3, -0.25) is 9.78 Å². The van der Waals surface area contributed by atoms with Gasteiger partial charge in [-0.05, 0) is 60.9 Å². The molecule has 0 fully saturated rings. The van der Waals surface area contributed by atoms with Crippen LogP contribution in [-0.2, 0) is 17.1 Å². The maximum Gasteiger partial charge on any atom is 0.244 e. The van der Waals surface area contributed by atoms with Gasteiger partial charge in [0, 0.05) is 17.6 Å². The summed E-state index contributed by atoms with van der Waals surface area (Å²) >= 11 is 1.51. The van der Waals surface area contributed by atoms with E-state index in [4.69, 9.17) is 0 Å². The minimum atomic E-state index is -0.259. The number of halogens is 1. The summed E-state index contributed by atoms with van der Waals surface area (Å²) in [6, 6.07) is 14.1. The number of amides is 1. The Morgan fingerprint density at radius 2 is 1.90 bits per heavy atom. The van der Waals surface area contributed by atoms with Crippen molar-refractivity contribution in [1.29, 1.82) is 0 Å². The number of hydrogen-bond acceptors (Lipinski definition) is 4. The number of fused-ring (bicyclic) bond motifs is 1. The van der Waals surface area contributed by atoms with Gasteiger partial charge in [-0.1, -0.05) is 30.0 Å². The third-order valence-electron chi connectivity index (χ3n) is 4.89. The van der Waals surface area contributed by atoms with Crippen molar-refractivity contribution < 1.29 is 9.18 Å². The zero-order chi connectivity index (χ0) is 21.1. The van der Waals surface area contributed by atoms with Crippen LogP contribution in [-0.4, -0.2) is 20.4 Å². The van der Waals surface area contributed by atoms with E-state index >= 15 is 0 Å². The van der Waals surface area contributed by atoms with Crippen LogP contribution in [0.1, 0.15) is 16.7 Å². The highest BCUT2D eigenvalue weighted by atomic mass is 32.2. The number of aryl methyl sites for hydroxylation is 2. The Morgan fingerprint density at radius 1 is 1.10 bits per heavy atom. The number of carbonyl (C=O) groups is 1. The molecule has 0 unspecified atom stereocenters. The van der Waals surface area contributed by atoms with E-state index in [0.717, 1.165) is 33.0 Å². The van der Waals surface area contributed by atoms with Gasteiger partial charge in [0.1, 0.15) is 12.4 Å². The maximum atomic E-state index is 13.1. The number of carbonyl (C=O) groups excluding carboxylic acids is 1. The quantitative estimate of drug-likeness (QED) is 0.440. The maximum absolute atomic E-state index is 13.1. The molecule has 4 rings (SSSR count). The molecule has 152 valence electrons. The van der Waals surface area contributed by atoms with E-state index in [2.05, 4.69) is 15.3 Å². The molecule has 2 heterocycles. The first kappa shape index (κ1) is 20.1. The summed E-state index contributed by atoms with van der Waals surface area (Å²) in [5.74, 6) is 0.227. The Balaban J connectivity index is 1.55. The van der Waals surface area contributed by atoms with Gasteiger partial charge in [0.05, 0.1) is 17.2 Å². The van der Waals surface area contributed by atoms with E-state index in [1.165, 1.54) is 29.5 Å². The Labute approximate surface area is 178 Å². The fourth-order valence-electron chi connectivity index (χ4n) is 3.10. The first-order chi connectivity index (χ1) is 14.5. The molecule has 7 heteroatoms. The molecule has 2 aromatic heterocycles. The zero-order valence-corrected chi connectivity index (χ0v) is 17.5. The number of hydrogen-bond donors (Lipinski definition) is 1. The van der Waals surface area contributed by atoms with Crippen LogP contribution >= 0.6 is 11.8 Å². The van der Waals surface area contributed by atoms with Gasteiger partial charge in [0.2, 0.25) is 5.91 Å². The highest BCUT2D eigenvalue weighted by Crippen LogP contribution is 2.27. The summed E-state index contributed by atoms with van der Waals surface area (Å²) in [6.45, 7) is 4.18. The summed E-state index contributed by atoms with van der Waals surface area (Å²) in [4.78, 5) is 21.6.